The van der Waals surface area contributed by atoms with E-state index in [1.54, 1.807) is 0 Å². The summed E-state index contributed by atoms with van der Waals surface area (Å²) in [6.07, 6.45) is 0. The van der Waals surface area contributed by atoms with E-state index in [4.69, 9.17) is 11.6 Å². The van der Waals surface area contributed by atoms with Gasteiger partial charge in [-0.15, -0.1) is 0 Å². The highest BCUT2D eigenvalue weighted by molar-refractivity contribution is 6.30. The molecule has 0 radical (unpaired) electrons. The lowest BCUT2D eigenvalue weighted by Crippen LogP contribution is -2.36. The van der Waals surface area contributed by atoms with Gasteiger partial charge in [0.1, 0.15) is 0 Å². The van der Waals surface area contributed by atoms with Gasteiger partial charge >= 0.3 is 0 Å². The average Bonchev–Trinajstić information content (AvgIpc) is 2.69. The zero-order valence-electron chi connectivity index (χ0n) is 14.2. The third-order valence-corrected chi connectivity index (χ3v) is 5.27. The Morgan fingerprint density at radius 3 is 2.19 bits per heavy atom. The molecule has 0 aliphatic heterocycles. The highest BCUT2D eigenvalue weighted by Crippen LogP contribution is 2.26. The molecule has 0 fully saturated rings. The second kappa shape index (κ2) is 6.12. The maximum absolute atomic E-state index is 6.06. The van der Waals surface area contributed by atoms with E-state index in [1.807, 2.05) is 12.1 Å². The van der Waals surface area contributed by atoms with Gasteiger partial charge in [-0.05, 0) is 41.1 Å². The molecule has 2 heteroatoms. The van der Waals surface area contributed by atoms with Crippen LogP contribution < -0.4 is 4.57 Å². The predicted molar refractivity (Wildman–Crippen MR) is 110 cm³/mol. The summed E-state index contributed by atoms with van der Waals surface area (Å²) in [5, 5.41) is 5.88. The summed E-state index contributed by atoms with van der Waals surface area (Å²) in [5.74, 6) is 0. The Kier molecular flexibility index (Phi) is 3.62. The molecule has 26 heavy (non-hydrogen) atoms. The molecule has 1 nitrogen and oxygen atoms in total. The lowest BCUT2D eigenvalue weighted by molar-refractivity contribution is -0.635. The van der Waals surface area contributed by atoms with Crippen LogP contribution in [0.25, 0.3) is 32.6 Å². The summed E-state index contributed by atoms with van der Waals surface area (Å²) in [5.41, 5.74) is 3.73. The fourth-order valence-corrected chi connectivity index (χ4v) is 3.88. The van der Waals surface area contributed by atoms with E-state index < -0.39 is 0 Å². The van der Waals surface area contributed by atoms with Crippen LogP contribution in [0.2, 0.25) is 5.02 Å². The Morgan fingerprint density at radius 2 is 1.35 bits per heavy atom. The van der Waals surface area contributed by atoms with E-state index in [0.717, 1.165) is 11.6 Å². The van der Waals surface area contributed by atoms with Crippen LogP contribution in [0, 0.1) is 0 Å². The second-order valence-electron chi connectivity index (χ2n) is 6.64. The molecule has 0 saturated heterocycles. The summed E-state index contributed by atoms with van der Waals surface area (Å²) in [4.78, 5) is 0. The molecule has 0 spiro atoms. The van der Waals surface area contributed by atoms with Crippen LogP contribution in [0.5, 0.6) is 0 Å². The van der Waals surface area contributed by atoms with Crippen molar-refractivity contribution in [1.29, 1.82) is 0 Å². The maximum Gasteiger partial charge on any atom is 0.213 e. The minimum atomic E-state index is 0.771. The van der Waals surface area contributed by atoms with Crippen LogP contribution in [-0.2, 0) is 6.54 Å². The largest absolute Gasteiger partial charge is 0.213 e. The molecular weight excluding hydrogens is 338 g/mol. The lowest BCUT2D eigenvalue weighted by Gasteiger charge is -2.08. The second-order valence-corrected chi connectivity index (χ2v) is 7.07. The Hall–Kier alpha value is -2.90. The first kappa shape index (κ1) is 15.4. The number of benzene rings is 4. The molecule has 0 atom stereocenters. The van der Waals surface area contributed by atoms with Gasteiger partial charge in [0, 0.05) is 28.1 Å². The lowest BCUT2D eigenvalue weighted by atomic mass is 10.0. The van der Waals surface area contributed by atoms with Crippen LogP contribution in [0.15, 0.2) is 91.0 Å². The smallest absolute Gasteiger partial charge is 0.187 e. The number of para-hydroxylation sites is 1. The van der Waals surface area contributed by atoms with Crippen LogP contribution in [0.1, 0.15) is 5.56 Å². The first-order valence-electron chi connectivity index (χ1n) is 8.77. The van der Waals surface area contributed by atoms with Crippen LogP contribution in [0.3, 0.4) is 0 Å². The van der Waals surface area contributed by atoms with Crippen molar-refractivity contribution in [3.05, 3.63) is 102 Å². The summed E-state index contributed by atoms with van der Waals surface area (Å²) < 4.78 is 2.40. The SMILES string of the molecule is Clc1ccc(C[n+]2c3ccccc3cc3c4ccccc4ccc32)cc1. The van der Waals surface area contributed by atoms with Crippen molar-refractivity contribution in [3.8, 4) is 0 Å². The zero-order valence-corrected chi connectivity index (χ0v) is 14.9. The Balaban J connectivity index is 1.85. The normalized spacial score (nSPS) is 11.4. The minimum absolute atomic E-state index is 0.771. The molecule has 0 aliphatic rings. The molecule has 1 aromatic heterocycles. The molecule has 0 unspecified atom stereocenters. The predicted octanol–water partition coefficient (Wildman–Crippen LogP) is 6.14. The Labute approximate surface area is 157 Å². The highest BCUT2D eigenvalue weighted by Gasteiger charge is 2.17. The molecule has 1 heterocycles. The fourth-order valence-electron chi connectivity index (χ4n) is 3.75. The molecule has 124 valence electrons. The number of rotatable bonds is 2. The van der Waals surface area contributed by atoms with Gasteiger partial charge in [0.2, 0.25) is 11.0 Å². The summed E-state index contributed by atoms with van der Waals surface area (Å²) in [7, 11) is 0. The van der Waals surface area contributed by atoms with E-state index in [9.17, 15) is 0 Å². The molecule has 0 amide bonds. The van der Waals surface area contributed by atoms with Crippen molar-refractivity contribution < 1.29 is 4.57 Å². The number of halogens is 1. The average molecular weight is 355 g/mol. The molecule has 4 aromatic carbocycles. The van der Waals surface area contributed by atoms with E-state index in [0.29, 0.717) is 0 Å². The first-order valence-corrected chi connectivity index (χ1v) is 9.15. The third-order valence-electron chi connectivity index (χ3n) is 5.02. The maximum atomic E-state index is 6.06. The minimum Gasteiger partial charge on any atom is -0.187 e. The summed E-state index contributed by atoms with van der Waals surface area (Å²) in [6, 6.07) is 32.1. The number of pyridine rings is 1. The van der Waals surface area contributed by atoms with Gasteiger partial charge in [0.05, 0.1) is 5.39 Å². The van der Waals surface area contributed by atoms with E-state index in [1.165, 1.54) is 38.1 Å². The van der Waals surface area contributed by atoms with Crippen molar-refractivity contribution in [2.75, 3.05) is 0 Å². The van der Waals surface area contributed by atoms with Gasteiger partial charge in [0.25, 0.3) is 0 Å². The molecule has 0 bridgehead atoms. The van der Waals surface area contributed by atoms with Crippen molar-refractivity contribution in [1.82, 2.24) is 0 Å². The number of fused-ring (bicyclic) bond motifs is 4. The van der Waals surface area contributed by atoms with Gasteiger partial charge in [-0.1, -0.05) is 60.1 Å². The molecule has 5 rings (SSSR count). The molecular formula is C24H17ClN+. The van der Waals surface area contributed by atoms with E-state index in [2.05, 4.69) is 83.4 Å². The first-order chi connectivity index (χ1) is 12.8. The molecule has 0 aliphatic carbocycles. The third kappa shape index (κ3) is 2.53. The van der Waals surface area contributed by atoms with Gasteiger partial charge < -0.3 is 0 Å². The summed E-state index contributed by atoms with van der Waals surface area (Å²) in [6.45, 7) is 0.813. The topological polar surface area (TPSA) is 3.88 Å². The van der Waals surface area contributed by atoms with Crippen LogP contribution >= 0.6 is 11.6 Å². The van der Waals surface area contributed by atoms with Crippen molar-refractivity contribution >= 4 is 44.2 Å². The highest BCUT2D eigenvalue weighted by atomic mass is 35.5. The van der Waals surface area contributed by atoms with Crippen molar-refractivity contribution in [3.63, 3.8) is 0 Å². The van der Waals surface area contributed by atoms with Crippen molar-refractivity contribution in [2.24, 2.45) is 0 Å². The standard InChI is InChI=1S/C24H17ClN/c25-20-12-9-17(10-13-20)16-26-23-8-4-2-6-19(23)15-22-21-7-3-1-5-18(21)11-14-24(22)26/h1-15H,16H2/q+1. The van der Waals surface area contributed by atoms with Crippen molar-refractivity contribution in [2.45, 2.75) is 6.54 Å². The Morgan fingerprint density at radius 1 is 0.615 bits per heavy atom. The number of hydrogen-bond donors (Lipinski definition) is 0. The van der Waals surface area contributed by atoms with Gasteiger partial charge in [0.15, 0.2) is 6.54 Å². The molecule has 0 N–H and O–H groups in total. The number of hydrogen-bond acceptors (Lipinski definition) is 0. The number of nitrogens with zero attached hydrogens (tertiary/aromatic N) is 1. The van der Waals surface area contributed by atoms with E-state index in [-0.39, 0.29) is 0 Å². The monoisotopic (exact) mass is 354 g/mol. The number of aromatic nitrogens is 1. The molecule has 5 aromatic rings. The van der Waals surface area contributed by atoms with E-state index >= 15 is 0 Å². The molecule has 0 saturated carbocycles. The fraction of sp³-hybridized carbons (Fsp3) is 0.0417. The Bertz CT molecular complexity index is 1260. The van der Waals surface area contributed by atoms with Gasteiger partial charge in [-0.3, -0.25) is 0 Å². The van der Waals surface area contributed by atoms with Gasteiger partial charge in [-0.25, -0.2) is 0 Å². The van der Waals surface area contributed by atoms with Crippen LogP contribution in [0.4, 0.5) is 0 Å². The van der Waals surface area contributed by atoms with Gasteiger partial charge in [-0.2, -0.15) is 4.57 Å². The quantitative estimate of drug-likeness (QED) is 0.204. The summed E-state index contributed by atoms with van der Waals surface area (Å²) >= 11 is 6.06. The zero-order chi connectivity index (χ0) is 17.5. The van der Waals surface area contributed by atoms with Crippen LogP contribution in [-0.4, -0.2) is 0 Å².